The first-order valence-corrected chi connectivity index (χ1v) is 7.31. The Morgan fingerprint density at radius 1 is 1.14 bits per heavy atom. The van der Waals surface area contributed by atoms with Gasteiger partial charge >= 0.3 is 0 Å². The maximum Gasteiger partial charge on any atom is 0.240 e. The molecule has 0 unspecified atom stereocenters. The molecule has 0 saturated carbocycles. The zero-order valence-corrected chi connectivity index (χ0v) is 12.8. The second-order valence-electron chi connectivity index (χ2n) is 4.85. The molecular formula is C17H19ClN2O. The molecule has 3 nitrogen and oxygen atoms in total. The predicted octanol–water partition coefficient (Wildman–Crippen LogP) is 3.14. The Kier molecular flexibility index (Phi) is 5.78. The van der Waals surface area contributed by atoms with Crippen molar-refractivity contribution in [3.8, 4) is 0 Å². The van der Waals surface area contributed by atoms with Crippen LogP contribution in [0, 0.1) is 0 Å². The first kappa shape index (κ1) is 15.5. The van der Waals surface area contributed by atoms with Gasteiger partial charge < -0.3 is 10.2 Å². The second-order valence-corrected chi connectivity index (χ2v) is 5.28. The molecule has 0 aliphatic heterocycles. The van der Waals surface area contributed by atoms with Crippen LogP contribution in [0.25, 0.3) is 0 Å². The molecular weight excluding hydrogens is 284 g/mol. The van der Waals surface area contributed by atoms with Crippen molar-refractivity contribution in [1.29, 1.82) is 0 Å². The zero-order chi connectivity index (χ0) is 15.1. The summed E-state index contributed by atoms with van der Waals surface area (Å²) in [6.07, 6.45) is 0.850. The molecule has 0 radical (unpaired) electrons. The third-order valence-electron chi connectivity index (χ3n) is 3.27. The first-order chi connectivity index (χ1) is 10.2. The molecule has 0 saturated heterocycles. The van der Waals surface area contributed by atoms with Gasteiger partial charge in [-0.25, -0.2) is 0 Å². The van der Waals surface area contributed by atoms with Crippen molar-refractivity contribution in [3.05, 3.63) is 65.2 Å². The van der Waals surface area contributed by atoms with E-state index in [1.165, 1.54) is 5.56 Å². The molecule has 0 aliphatic carbocycles. The Bertz CT molecular complexity index is 586. The van der Waals surface area contributed by atoms with Crippen LogP contribution in [0.2, 0.25) is 5.02 Å². The number of nitrogens with one attached hydrogen (secondary N) is 1. The molecule has 1 amide bonds. The lowest BCUT2D eigenvalue weighted by Gasteiger charge is -2.17. The Labute approximate surface area is 130 Å². The van der Waals surface area contributed by atoms with Crippen LogP contribution >= 0.6 is 11.6 Å². The van der Waals surface area contributed by atoms with E-state index in [0.717, 1.165) is 23.7 Å². The van der Waals surface area contributed by atoms with Crippen LogP contribution in [0.4, 0.5) is 5.69 Å². The number of likely N-dealkylation sites (N-methyl/N-ethyl adjacent to an activating group) is 1. The summed E-state index contributed by atoms with van der Waals surface area (Å²) in [5.41, 5.74) is 2.07. The lowest BCUT2D eigenvalue weighted by molar-refractivity contribution is -0.117. The number of para-hydroxylation sites is 1. The number of hydrogen-bond acceptors (Lipinski definition) is 2. The molecule has 110 valence electrons. The number of rotatable bonds is 6. The van der Waals surface area contributed by atoms with Crippen LogP contribution in [0.15, 0.2) is 54.6 Å². The van der Waals surface area contributed by atoms with Crippen LogP contribution in [0.3, 0.4) is 0 Å². The van der Waals surface area contributed by atoms with Crippen LogP contribution in [0.5, 0.6) is 0 Å². The molecule has 0 spiro atoms. The molecule has 1 N–H and O–H groups in total. The summed E-state index contributed by atoms with van der Waals surface area (Å²) in [4.78, 5) is 13.7. The van der Waals surface area contributed by atoms with Gasteiger partial charge in [0, 0.05) is 17.8 Å². The highest BCUT2D eigenvalue weighted by atomic mass is 35.5. The van der Waals surface area contributed by atoms with Crippen LogP contribution < -0.4 is 10.2 Å². The van der Waals surface area contributed by atoms with E-state index in [4.69, 9.17) is 11.6 Å². The van der Waals surface area contributed by atoms with E-state index < -0.39 is 0 Å². The van der Waals surface area contributed by atoms with Gasteiger partial charge in [0.25, 0.3) is 0 Å². The zero-order valence-electron chi connectivity index (χ0n) is 12.1. The van der Waals surface area contributed by atoms with Crippen molar-refractivity contribution in [2.75, 3.05) is 25.0 Å². The Hall–Kier alpha value is -1.84. The van der Waals surface area contributed by atoms with E-state index in [9.17, 15) is 4.79 Å². The predicted molar refractivity (Wildman–Crippen MR) is 87.9 cm³/mol. The fourth-order valence-electron chi connectivity index (χ4n) is 2.03. The number of halogens is 1. The topological polar surface area (TPSA) is 32.3 Å². The maximum absolute atomic E-state index is 12.1. The smallest absolute Gasteiger partial charge is 0.240 e. The third-order valence-corrected chi connectivity index (χ3v) is 3.51. The summed E-state index contributed by atoms with van der Waals surface area (Å²) < 4.78 is 0. The highest BCUT2D eigenvalue weighted by Crippen LogP contribution is 2.11. The standard InChI is InChI=1S/C17H19ClN2O/c1-20(16-8-3-2-4-9-16)17(21)13-19-11-10-14-6-5-7-15(18)12-14/h2-9,12,19H,10-11,13H2,1H3. The third kappa shape index (κ3) is 4.88. The van der Waals surface area contributed by atoms with Gasteiger partial charge in [-0.15, -0.1) is 0 Å². The monoisotopic (exact) mass is 302 g/mol. The lowest BCUT2D eigenvalue weighted by Crippen LogP contribution is -2.36. The normalized spacial score (nSPS) is 10.4. The number of amides is 1. The van der Waals surface area contributed by atoms with Gasteiger partial charge in [-0.1, -0.05) is 41.9 Å². The van der Waals surface area contributed by atoms with Crippen molar-refractivity contribution in [1.82, 2.24) is 5.32 Å². The summed E-state index contributed by atoms with van der Waals surface area (Å²) >= 11 is 5.94. The number of carbonyl (C=O) groups excluding carboxylic acids is 1. The number of hydrogen-bond donors (Lipinski definition) is 1. The van der Waals surface area contributed by atoms with E-state index >= 15 is 0 Å². The molecule has 2 aromatic rings. The fraction of sp³-hybridized carbons (Fsp3) is 0.235. The Morgan fingerprint density at radius 3 is 2.62 bits per heavy atom. The average molecular weight is 303 g/mol. The van der Waals surface area contributed by atoms with Gasteiger partial charge in [-0.3, -0.25) is 4.79 Å². The summed E-state index contributed by atoms with van der Waals surface area (Å²) in [6, 6.07) is 17.4. The summed E-state index contributed by atoms with van der Waals surface area (Å²) in [7, 11) is 1.79. The SMILES string of the molecule is CN(C(=O)CNCCc1cccc(Cl)c1)c1ccccc1. The van der Waals surface area contributed by atoms with E-state index in [-0.39, 0.29) is 5.91 Å². The van der Waals surface area contributed by atoms with Crippen molar-refractivity contribution < 1.29 is 4.79 Å². The van der Waals surface area contributed by atoms with E-state index in [2.05, 4.69) is 5.32 Å². The minimum atomic E-state index is 0.0484. The molecule has 0 heterocycles. The minimum absolute atomic E-state index is 0.0484. The van der Waals surface area contributed by atoms with Gasteiger partial charge in [0.15, 0.2) is 0 Å². The molecule has 21 heavy (non-hydrogen) atoms. The number of carbonyl (C=O) groups is 1. The molecule has 0 fully saturated rings. The molecule has 2 rings (SSSR count). The number of benzene rings is 2. The van der Waals surface area contributed by atoms with Crippen LogP contribution in [0.1, 0.15) is 5.56 Å². The average Bonchev–Trinajstić information content (AvgIpc) is 2.51. The molecule has 0 aromatic heterocycles. The molecule has 0 aliphatic rings. The van der Waals surface area contributed by atoms with E-state index in [1.807, 2.05) is 54.6 Å². The molecule has 0 bridgehead atoms. The number of nitrogens with zero attached hydrogens (tertiary/aromatic N) is 1. The fourth-order valence-corrected chi connectivity index (χ4v) is 2.25. The molecule has 2 aromatic carbocycles. The Balaban J connectivity index is 1.74. The quantitative estimate of drug-likeness (QED) is 0.832. The van der Waals surface area contributed by atoms with Gasteiger partial charge in [-0.2, -0.15) is 0 Å². The van der Waals surface area contributed by atoms with Gasteiger partial charge in [0.2, 0.25) is 5.91 Å². The maximum atomic E-state index is 12.1. The Morgan fingerprint density at radius 2 is 1.90 bits per heavy atom. The van der Waals surface area contributed by atoms with Crippen molar-refractivity contribution in [2.24, 2.45) is 0 Å². The molecule has 0 atom stereocenters. The van der Waals surface area contributed by atoms with Crippen molar-refractivity contribution >= 4 is 23.2 Å². The summed E-state index contributed by atoms with van der Waals surface area (Å²) in [5.74, 6) is 0.0484. The molecule has 4 heteroatoms. The highest BCUT2D eigenvalue weighted by molar-refractivity contribution is 6.30. The van der Waals surface area contributed by atoms with Gasteiger partial charge in [0.05, 0.1) is 6.54 Å². The minimum Gasteiger partial charge on any atom is -0.314 e. The van der Waals surface area contributed by atoms with Crippen molar-refractivity contribution in [3.63, 3.8) is 0 Å². The number of anilines is 1. The first-order valence-electron chi connectivity index (χ1n) is 6.93. The second kappa shape index (κ2) is 7.81. The van der Waals surface area contributed by atoms with E-state index in [0.29, 0.717) is 6.54 Å². The van der Waals surface area contributed by atoms with Crippen molar-refractivity contribution in [2.45, 2.75) is 6.42 Å². The van der Waals surface area contributed by atoms with Crippen LogP contribution in [-0.4, -0.2) is 26.0 Å². The summed E-state index contributed by atoms with van der Waals surface area (Å²) in [6.45, 7) is 1.07. The largest absolute Gasteiger partial charge is 0.314 e. The van der Waals surface area contributed by atoms with Gasteiger partial charge in [-0.05, 0) is 42.8 Å². The van der Waals surface area contributed by atoms with Crippen LogP contribution in [-0.2, 0) is 11.2 Å². The lowest BCUT2D eigenvalue weighted by atomic mass is 10.1. The summed E-state index contributed by atoms with van der Waals surface area (Å²) in [5, 5.41) is 3.91. The van der Waals surface area contributed by atoms with Gasteiger partial charge in [0.1, 0.15) is 0 Å². The van der Waals surface area contributed by atoms with E-state index in [1.54, 1.807) is 11.9 Å². The highest BCUT2D eigenvalue weighted by Gasteiger charge is 2.09.